The lowest BCUT2D eigenvalue weighted by Gasteiger charge is -2.29. The number of rotatable bonds is 9. The first kappa shape index (κ1) is 24.1. The number of H-pyrrole nitrogens is 1. The molecule has 186 valence electrons. The second-order valence-corrected chi connectivity index (χ2v) is 9.66. The number of aromatic nitrogens is 3. The second kappa shape index (κ2) is 10.5. The maximum absolute atomic E-state index is 11.5. The lowest BCUT2D eigenvalue weighted by Crippen LogP contribution is -2.29. The van der Waals surface area contributed by atoms with Crippen molar-refractivity contribution in [3.05, 3.63) is 94.4 Å². The van der Waals surface area contributed by atoms with Gasteiger partial charge in [0.15, 0.2) is 0 Å². The summed E-state index contributed by atoms with van der Waals surface area (Å²) in [6, 6.07) is 13.6. The van der Waals surface area contributed by atoms with Gasteiger partial charge in [-0.15, -0.1) is 0 Å². The van der Waals surface area contributed by atoms with Crippen molar-refractivity contribution in [3.8, 4) is 0 Å². The van der Waals surface area contributed by atoms with Crippen LogP contribution >= 0.6 is 0 Å². The van der Waals surface area contributed by atoms with Gasteiger partial charge in [0.1, 0.15) is 0 Å². The molecule has 1 aliphatic rings. The maximum atomic E-state index is 11.5. The molecule has 1 N–H and O–H groups in total. The smallest absolute Gasteiger partial charge is 0.330 e. The fraction of sp³-hybridized carbons (Fsp3) is 0.333. The van der Waals surface area contributed by atoms with Crippen LogP contribution < -0.4 is 0 Å². The molecule has 0 spiro atoms. The van der Waals surface area contributed by atoms with Gasteiger partial charge in [-0.25, -0.2) is 4.79 Å². The number of carbonyl (C=O) groups excluding carboxylic acids is 1. The Labute approximate surface area is 212 Å². The summed E-state index contributed by atoms with van der Waals surface area (Å²) in [5.41, 5.74) is 8.88. The van der Waals surface area contributed by atoms with Crippen molar-refractivity contribution in [1.29, 1.82) is 0 Å². The largest absolute Gasteiger partial charge is 0.466 e. The average molecular weight is 483 g/mol. The fourth-order valence-electron chi connectivity index (χ4n) is 5.34. The number of carbonyl (C=O) groups is 1. The number of methoxy groups -OCH3 is 1. The second-order valence-electron chi connectivity index (χ2n) is 9.66. The highest BCUT2D eigenvalue weighted by molar-refractivity contribution is 5.87. The van der Waals surface area contributed by atoms with E-state index >= 15 is 0 Å². The molecule has 5 rings (SSSR count). The van der Waals surface area contributed by atoms with E-state index in [9.17, 15) is 4.79 Å². The molecule has 36 heavy (non-hydrogen) atoms. The summed E-state index contributed by atoms with van der Waals surface area (Å²) in [7, 11) is 1.40. The zero-order chi connectivity index (χ0) is 25.1. The molecule has 0 bridgehead atoms. The van der Waals surface area contributed by atoms with Gasteiger partial charge in [-0.3, -0.25) is 9.58 Å². The summed E-state index contributed by atoms with van der Waals surface area (Å²) < 4.78 is 6.73. The van der Waals surface area contributed by atoms with Crippen LogP contribution in [-0.2, 0) is 35.5 Å². The number of fused-ring (bicyclic) bond motifs is 2. The van der Waals surface area contributed by atoms with Crippen LogP contribution in [0, 0.1) is 6.92 Å². The molecule has 0 aliphatic heterocycles. The summed E-state index contributed by atoms with van der Waals surface area (Å²) >= 11 is 0. The van der Waals surface area contributed by atoms with Gasteiger partial charge in [-0.1, -0.05) is 30.3 Å². The molecule has 0 fully saturated rings. The zero-order valence-corrected chi connectivity index (χ0v) is 21.3. The Balaban J connectivity index is 1.39. The molecule has 0 saturated heterocycles. The van der Waals surface area contributed by atoms with Gasteiger partial charge in [0.05, 0.1) is 13.3 Å². The third-order valence-corrected chi connectivity index (χ3v) is 7.25. The maximum Gasteiger partial charge on any atom is 0.330 e. The third kappa shape index (κ3) is 5.14. The number of benzene rings is 2. The summed E-state index contributed by atoms with van der Waals surface area (Å²) in [5, 5.41) is 5.82. The lowest BCUT2D eigenvalue weighted by molar-refractivity contribution is -0.134. The van der Waals surface area contributed by atoms with Gasteiger partial charge in [0, 0.05) is 60.6 Å². The Hall–Kier alpha value is -3.64. The van der Waals surface area contributed by atoms with E-state index < -0.39 is 0 Å². The van der Waals surface area contributed by atoms with Crippen molar-refractivity contribution < 1.29 is 9.53 Å². The van der Waals surface area contributed by atoms with E-state index in [4.69, 9.17) is 4.74 Å². The van der Waals surface area contributed by atoms with E-state index in [1.165, 1.54) is 51.9 Å². The van der Waals surface area contributed by atoms with Crippen LogP contribution in [-0.4, -0.2) is 39.3 Å². The van der Waals surface area contributed by atoms with Crippen LogP contribution in [0.4, 0.5) is 0 Å². The molecule has 0 amide bonds. The molecule has 4 aromatic rings. The normalized spacial score (nSPS) is 15.3. The van der Waals surface area contributed by atoms with Gasteiger partial charge >= 0.3 is 5.97 Å². The molecule has 1 atom stereocenters. The molecule has 1 aliphatic carbocycles. The number of nitrogens with zero attached hydrogens (tertiary/aromatic N) is 3. The molecular formula is C30H34N4O2. The number of hydrogen-bond acceptors (Lipinski definition) is 4. The van der Waals surface area contributed by atoms with Crippen LogP contribution in [0.2, 0.25) is 0 Å². The van der Waals surface area contributed by atoms with E-state index in [0.29, 0.717) is 6.04 Å². The quantitative estimate of drug-likeness (QED) is 0.249. The van der Waals surface area contributed by atoms with Crippen molar-refractivity contribution in [2.45, 2.75) is 52.2 Å². The monoisotopic (exact) mass is 482 g/mol. The minimum absolute atomic E-state index is 0.334. The summed E-state index contributed by atoms with van der Waals surface area (Å²) in [6.07, 6.45) is 12.8. The fourth-order valence-corrected chi connectivity index (χ4v) is 5.34. The highest BCUT2D eigenvalue weighted by Gasteiger charge is 2.28. The summed E-state index contributed by atoms with van der Waals surface area (Å²) in [6.45, 7) is 6.96. The minimum atomic E-state index is -0.334. The van der Waals surface area contributed by atoms with E-state index in [0.717, 1.165) is 44.5 Å². The first-order valence-corrected chi connectivity index (χ1v) is 12.7. The topological polar surface area (TPSA) is 63.2 Å². The Kier molecular flexibility index (Phi) is 7.05. The van der Waals surface area contributed by atoms with Gasteiger partial charge in [-0.2, -0.15) is 5.10 Å². The first-order chi connectivity index (χ1) is 17.5. The molecular weight excluding hydrogens is 448 g/mol. The molecule has 0 radical (unpaired) electrons. The SMILES string of the molecule is CCn1cc(CN(CCc2c[nH]c3cc(C)ccc23)C2CCc3cc(C=CC(=O)OC)ccc32)cn1. The molecule has 2 aromatic heterocycles. The van der Waals surface area contributed by atoms with Gasteiger partial charge in [0.25, 0.3) is 0 Å². The van der Waals surface area contributed by atoms with Gasteiger partial charge in [0.2, 0.25) is 0 Å². The molecule has 6 nitrogen and oxygen atoms in total. The summed E-state index contributed by atoms with van der Waals surface area (Å²) in [5.74, 6) is -0.334. The average Bonchev–Trinajstić information content (AvgIpc) is 3.62. The number of aryl methyl sites for hydroxylation is 3. The number of hydrogen-bond donors (Lipinski definition) is 1. The predicted molar refractivity (Wildman–Crippen MR) is 144 cm³/mol. The van der Waals surface area contributed by atoms with Crippen molar-refractivity contribution in [2.75, 3.05) is 13.7 Å². The van der Waals surface area contributed by atoms with Crippen LogP contribution in [0.5, 0.6) is 0 Å². The highest BCUT2D eigenvalue weighted by Crippen LogP contribution is 2.37. The Morgan fingerprint density at radius 1 is 1.28 bits per heavy atom. The number of ether oxygens (including phenoxy) is 1. The van der Waals surface area contributed by atoms with E-state index in [1.807, 2.05) is 17.0 Å². The van der Waals surface area contributed by atoms with Crippen LogP contribution in [0.3, 0.4) is 0 Å². The Bertz CT molecular complexity index is 1400. The van der Waals surface area contributed by atoms with Crippen LogP contribution in [0.25, 0.3) is 17.0 Å². The van der Waals surface area contributed by atoms with E-state index in [-0.39, 0.29) is 5.97 Å². The molecule has 2 aromatic carbocycles. The number of nitrogens with one attached hydrogen (secondary N) is 1. The standard InChI is InChI=1S/C30H34N4O2/c1-4-34-20-23(17-32-34)19-33(14-13-25-18-31-28-15-21(2)5-9-26(25)28)29-11-8-24-16-22(6-10-27(24)29)7-12-30(35)36-3/h5-7,9-10,12,15-18,20,29,31H,4,8,11,13-14,19H2,1-3H3. The third-order valence-electron chi connectivity index (χ3n) is 7.25. The first-order valence-electron chi connectivity index (χ1n) is 12.7. The van der Waals surface area contributed by atoms with E-state index in [1.54, 1.807) is 0 Å². The number of aromatic amines is 1. The zero-order valence-electron chi connectivity index (χ0n) is 21.3. The number of esters is 1. The van der Waals surface area contributed by atoms with Crippen molar-refractivity contribution in [3.63, 3.8) is 0 Å². The summed E-state index contributed by atoms with van der Waals surface area (Å²) in [4.78, 5) is 17.6. The van der Waals surface area contributed by atoms with Crippen molar-refractivity contribution >= 4 is 22.9 Å². The molecule has 1 unspecified atom stereocenters. The highest BCUT2D eigenvalue weighted by atomic mass is 16.5. The van der Waals surface area contributed by atoms with Gasteiger partial charge < -0.3 is 9.72 Å². The van der Waals surface area contributed by atoms with Gasteiger partial charge in [-0.05, 0) is 73.1 Å². The predicted octanol–water partition coefficient (Wildman–Crippen LogP) is 5.61. The van der Waals surface area contributed by atoms with Crippen LogP contribution in [0.1, 0.15) is 52.8 Å². The van der Waals surface area contributed by atoms with E-state index in [2.05, 4.69) is 77.6 Å². The van der Waals surface area contributed by atoms with Crippen LogP contribution in [0.15, 0.2) is 61.1 Å². The van der Waals surface area contributed by atoms with Crippen molar-refractivity contribution in [1.82, 2.24) is 19.7 Å². The minimum Gasteiger partial charge on any atom is -0.466 e. The molecule has 0 saturated carbocycles. The molecule has 6 heteroatoms. The van der Waals surface area contributed by atoms with Crippen molar-refractivity contribution in [2.24, 2.45) is 0 Å². The lowest BCUT2D eigenvalue weighted by atomic mass is 10.0. The Morgan fingerprint density at radius 3 is 2.97 bits per heavy atom. The Morgan fingerprint density at radius 2 is 2.17 bits per heavy atom. The molecule has 2 heterocycles.